The fourth-order valence-electron chi connectivity index (χ4n) is 3.90. The molecule has 0 spiro atoms. The van der Waals surface area contributed by atoms with E-state index in [-0.39, 0.29) is 22.7 Å². The third kappa shape index (κ3) is 4.28. The summed E-state index contributed by atoms with van der Waals surface area (Å²) < 4.78 is 1.99. The van der Waals surface area contributed by atoms with Gasteiger partial charge in [-0.1, -0.05) is 12.1 Å². The summed E-state index contributed by atoms with van der Waals surface area (Å²) in [5, 5.41) is 15.4. The summed E-state index contributed by atoms with van der Waals surface area (Å²) in [6.07, 6.45) is 3.70. The van der Waals surface area contributed by atoms with Crippen LogP contribution >= 0.6 is 12.2 Å². The maximum atomic E-state index is 11.3. The molecule has 9 heteroatoms. The number of nitro benzene ring substituents is 1. The summed E-state index contributed by atoms with van der Waals surface area (Å²) in [6, 6.07) is 16.2. The van der Waals surface area contributed by atoms with Crippen molar-refractivity contribution < 1.29 is 4.92 Å². The number of benzene rings is 1. The minimum absolute atomic E-state index is 0.0583. The molecule has 1 N–H and O–H groups in total. The van der Waals surface area contributed by atoms with Gasteiger partial charge in [0.05, 0.1) is 28.4 Å². The fourth-order valence-corrected chi connectivity index (χ4v) is 4.23. The van der Waals surface area contributed by atoms with E-state index in [4.69, 9.17) is 12.2 Å². The zero-order valence-corrected chi connectivity index (χ0v) is 18.2. The fraction of sp³-hybridized carbons (Fsp3) is 0.273. The Labute approximate surface area is 186 Å². The minimum atomic E-state index is -0.376. The third-order valence-corrected chi connectivity index (χ3v) is 5.74. The van der Waals surface area contributed by atoms with Gasteiger partial charge in [-0.3, -0.25) is 15.1 Å². The summed E-state index contributed by atoms with van der Waals surface area (Å²) in [7, 11) is 4.06. The lowest BCUT2D eigenvalue weighted by Gasteiger charge is -2.29. The standard InChI is InChI=1S/C22H24N6O2S/c1-25(2)13-14-27-21(20(24-22(27)31)18-9-3-4-11-23-18)19-10-6-12-26(19)16-7-5-8-17(15-16)28(29)30/h3-12,15,20-21H,13-14H2,1-2H3,(H,24,31)/t20-,21-/m0/s1. The number of nitro groups is 1. The molecular formula is C22H24N6O2S. The minimum Gasteiger partial charge on any atom is -0.352 e. The SMILES string of the molecule is CN(C)CCN1C(=S)N[C@@H](c2ccccn2)[C@@H]1c1cccn1-c1cccc([N+](=O)[O-])c1. The van der Waals surface area contributed by atoms with Crippen molar-refractivity contribution in [1.82, 2.24) is 24.7 Å². The molecular weight excluding hydrogens is 412 g/mol. The molecule has 1 fully saturated rings. The third-order valence-electron chi connectivity index (χ3n) is 5.39. The van der Waals surface area contributed by atoms with Crippen molar-refractivity contribution in [2.24, 2.45) is 0 Å². The van der Waals surface area contributed by atoms with Gasteiger partial charge in [0, 0.05) is 43.3 Å². The quantitative estimate of drug-likeness (QED) is 0.346. The van der Waals surface area contributed by atoms with Gasteiger partial charge in [-0.05, 0) is 56.6 Å². The Morgan fingerprint density at radius 3 is 2.74 bits per heavy atom. The van der Waals surface area contributed by atoms with E-state index in [1.54, 1.807) is 18.3 Å². The van der Waals surface area contributed by atoms with E-state index in [9.17, 15) is 10.1 Å². The van der Waals surface area contributed by atoms with Crippen molar-refractivity contribution in [2.45, 2.75) is 12.1 Å². The first-order valence-electron chi connectivity index (χ1n) is 10.0. The number of nitrogens with one attached hydrogen (secondary N) is 1. The van der Waals surface area contributed by atoms with Crippen molar-refractivity contribution >= 4 is 23.0 Å². The molecule has 1 saturated heterocycles. The maximum Gasteiger partial charge on any atom is 0.271 e. The number of nitrogens with zero attached hydrogens (tertiary/aromatic N) is 5. The van der Waals surface area contributed by atoms with Gasteiger partial charge in [-0.25, -0.2) is 0 Å². The highest BCUT2D eigenvalue weighted by molar-refractivity contribution is 7.80. The second-order valence-electron chi connectivity index (χ2n) is 7.70. The van der Waals surface area contributed by atoms with Crippen LogP contribution in [0.3, 0.4) is 0 Å². The first-order valence-corrected chi connectivity index (χ1v) is 10.4. The molecule has 1 aromatic carbocycles. The van der Waals surface area contributed by atoms with Crippen molar-refractivity contribution in [1.29, 1.82) is 0 Å². The summed E-state index contributed by atoms with van der Waals surface area (Å²) in [5.41, 5.74) is 2.68. The van der Waals surface area contributed by atoms with Crippen LogP contribution in [0.5, 0.6) is 0 Å². The van der Waals surface area contributed by atoms with Crippen molar-refractivity contribution in [3.63, 3.8) is 0 Å². The van der Waals surface area contributed by atoms with E-state index in [1.807, 2.05) is 61.3 Å². The highest BCUT2D eigenvalue weighted by atomic mass is 32.1. The largest absolute Gasteiger partial charge is 0.352 e. The lowest BCUT2D eigenvalue weighted by atomic mass is 10.0. The number of hydrogen-bond donors (Lipinski definition) is 1. The monoisotopic (exact) mass is 436 g/mol. The molecule has 0 unspecified atom stereocenters. The number of hydrogen-bond acceptors (Lipinski definition) is 5. The lowest BCUT2D eigenvalue weighted by Crippen LogP contribution is -2.36. The number of thiocarbonyl (C=S) groups is 1. The molecule has 0 amide bonds. The molecule has 3 heterocycles. The van der Waals surface area contributed by atoms with E-state index >= 15 is 0 Å². The normalized spacial score (nSPS) is 18.4. The Morgan fingerprint density at radius 2 is 2.03 bits per heavy atom. The van der Waals surface area contributed by atoms with Gasteiger partial charge < -0.3 is 19.7 Å². The highest BCUT2D eigenvalue weighted by Gasteiger charge is 2.41. The molecule has 0 aliphatic carbocycles. The Balaban J connectivity index is 1.79. The molecule has 1 aliphatic heterocycles. The summed E-state index contributed by atoms with van der Waals surface area (Å²) in [5.74, 6) is 0. The summed E-state index contributed by atoms with van der Waals surface area (Å²) in [6.45, 7) is 1.58. The number of pyridine rings is 1. The zero-order valence-electron chi connectivity index (χ0n) is 17.4. The molecule has 2 atom stereocenters. The van der Waals surface area contributed by atoms with Crippen molar-refractivity contribution in [2.75, 3.05) is 27.2 Å². The van der Waals surface area contributed by atoms with Gasteiger partial charge >= 0.3 is 0 Å². The van der Waals surface area contributed by atoms with Gasteiger partial charge in [0.25, 0.3) is 5.69 Å². The topological polar surface area (TPSA) is 79.5 Å². The van der Waals surface area contributed by atoms with Crippen molar-refractivity contribution in [3.8, 4) is 5.69 Å². The van der Waals surface area contributed by atoms with E-state index in [0.29, 0.717) is 5.11 Å². The van der Waals surface area contributed by atoms with Gasteiger partial charge in [0.2, 0.25) is 0 Å². The molecule has 8 nitrogen and oxygen atoms in total. The second-order valence-corrected chi connectivity index (χ2v) is 8.09. The summed E-state index contributed by atoms with van der Waals surface area (Å²) >= 11 is 5.71. The van der Waals surface area contributed by atoms with Crippen molar-refractivity contribution in [3.05, 3.63) is 88.5 Å². The molecule has 0 saturated carbocycles. The predicted molar refractivity (Wildman–Crippen MR) is 123 cm³/mol. The van der Waals surface area contributed by atoms with E-state index in [0.717, 1.165) is 30.2 Å². The van der Waals surface area contributed by atoms with Crippen LogP contribution in [0.15, 0.2) is 67.0 Å². The van der Waals surface area contributed by atoms with Crippen LogP contribution in [-0.4, -0.2) is 56.6 Å². The molecule has 4 rings (SSSR count). The number of likely N-dealkylation sites (N-methyl/N-ethyl adjacent to an activating group) is 1. The molecule has 1 aliphatic rings. The average Bonchev–Trinajstić information content (AvgIpc) is 3.37. The predicted octanol–water partition coefficient (Wildman–Crippen LogP) is 3.31. The maximum absolute atomic E-state index is 11.3. The van der Waals surface area contributed by atoms with Gasteiger partial charge in [0.15, 0.2) is 5.11 Å². The van der Waals surface area contributed by atoms with Crippen LogP contribution in [0.1, 0.15) is 23.5 Å². The Morgan fingerprint density at radius 1 is 1.19 bits per heavy atom. The highest BCUT2D eigenvalue weighted by Crippen LogP contribution is 2.39. The average molecular weight is 437 g/mol. The first-order chi connectivity index (χ1) is 15.0. The van der Waals surface area contributed by atoms with E-state index in [1.165, 1.54) is 6.07 Å². The second kappa shape index (κ2) is 8.83. The van der Waals surface area contributed by atoms with Crippen LogP contribution < -0.4 is 5.32 Å². The molecule has 3 aromatic rings. The van der Waals surface area contributed by atoms with Gasteiger partial charge in [-0.2, -0.15) is 0 Å². The van der Waals surface area contributed by atoms with Crippen LogP contribution in [0.4, 0.5) is 5.69 Å². The number of rotatable bonds is 7. The van der Waals surface area contributed by atoms with E-state index in [2.05, 4.69) is 20.1 Å². The molecule has 0 bridgehead atoms. The van der Waals surface area contributed by atoms with Crippen LogP contribution in [0.25, 0.3) is 5.69 Å². The van der Waals surface area contributed by atoms with E-state index < -0.39 is 0 Å². The smallest absolute Gasteiger partial charge is 0.271 e. The summed E-state index contributed by atoms with van der Waals surface area (Å²) in [4.78, 5) is 19.8. The molecule has 31 heavy (non-hydrogen) atoms. The Bertz CT molecular complexity index is 1080. The Kier molecular flexibility index (Phi) is 5.97. The van der Waals surface area contributed by atoms with Gasteiger partial charge in [-0.15, -0.1) is 0 Å². The molecule has 2 aromatic heterocycles. The van der Waals surface area contributed by atoms with Crippen LogP contribution in [0.2, 0.25) is 0 Å². The number of aromatic nitrogens is 2. The molecule has 160 valence electrons. The molecule has 0 radical (unpaired) electrons. The van der Waals surface area contributed by atoms with Gasteiger partial charge in [0.1, 0.15) is 0 Å². The lowest BCUT2D eigenvalue weighted by molar-refractivity contribution is -0.384. The van der Waals surface area contributed by atoms with Crippen LogP contribution in [0, 0.1) is 10.1 Å². The first kappa shape index (κ1) is 21.0. The van der Waals surface area contributed by atoms with Crippen LogP contribution in [-0.2, 0) is 0 Å². The number of non-ortho nitro benzene ring substituents is 1. The Hall–Kier alpha value is -3.30. The zero-order chi connectivity index (χ0) is 22.0.